The highest BCUT2D eigenvalue weighted by Gasteiger charge is 2.51. The Balaban J connectivity index is 3.56. The largest absolute Gasteiger partial charge is 0.405 e. The zero-order chi connectivity index (χ0) is 23.9. The first-order chi connectivity index (χ1) is 13.2. The Morgan fingerprint density at radius 1 is 0.967 bits per heavy atom. The van der Waals surface area contributed by atoms with Crippen LogP contribution in [-0.2, 0) is 19.2 Å². The first-order valence-electron chi connectivity index (χ1n) is 10.2. The van der Waals surface area contributed by atoms with Gasteiger partial charge in [0.2, 0.25) is 0 Å². The van der Waals surface area contributed by atoms with Crippen LogP contribution < -0.4 is 0 Å². The predicted molar refractivity (Wildman–Crippen MR) is 130 cm³/mol. The van der Waals surface area contributed by atoms with Gasteiger partial charge in [0, 0.05) is 5.02 Å². The lowest BCUT2D eigenvalue weighted by Crippen LogP contribution is -2.62. The summed E-state index contributed by atoms with van der Waals surface area (Å²) < 4.78 is 34.8. The number of hydrogen-bond donors (Lipinski definition) is 0. The lowest BCUT2D eigenvalue weighted by molar-refractivity contribution is -0.130. The van der Waals surface area contributed by atoms with Crippen LogP contribution in [0.4, 0.5) is 0 Å². The summed E-state index contributed by atoms with van der Waals surface area (Å²) in [5.74, 6) is -0.499. The summed E-state index contributed by atoms with van der Waals surface area (Å²) in [5, 5.41) is -0.0363. The van der Waals surface area contributed by atoms with Crippen LogP contribution in [0.25, 0.3) is 0 Å². The van der Waals surface area contributed by atoms with Gasteiger partial charge in [-0.05, 0) is 67.5 Å². The molecule has 172 valence electrons. The standard InChI is InChI=1S/C21H38ClNO4SSi2/c1-16(27-30(10,11)21(5,6)7)19(24)23(29(8,9)20(2,3)4)28(25,26)18-14-12-17(22)13-15-18/h12-16H,1-11H3. The molecule has 0 aromatic heterocycles. The molecule has 1 amide bonds. The molecule has 0 N–H and O–H groups in total. The lowest BCUT2D eigenvalue weighted by Gasteiger charge is -2.46. The number of benzene rings is 1. The van der Waals surface area contributed by atoms with E-state index in [9.17, 15) is 13.2 Å². The van der Waals surface area contributed by atoms with E-state index in [4.69, 9.17) is 16.0 Å². The van der Waals surface area contributed by atoms with E-state index in [1.165, 1.54) is 24.3 Å². The monoisotopic (exact) mass is 491 g/mol. The number of halogens is 1. The van der Waals surface area contributed by atoms with E-state index in [0.29, 0.717) is 5.02 Å². The van der Waals surface area contributed by atoms with Crippen LogP contribution in [0.1, 0.15) is 48.5 Å². The quantitative estimate of drug-likeness (QED) is 0.439. The average Bonchev–Trinajstić information content (AvgIpc) is 2.52. The van der Waals surface area contributed by atoms with E-state index < -0.39 is 38.6 Å². The zero-order valence-electron chi connectivity index (χ0n) is 20.3. The molecule has 0 aliphatic heterocycles. The van der Waals surface area contributed by atoms with Gasteiger partial charge in [-0.15, -0.1) is 0 Å². The van der Waals surface area contributed by atoms with Crippen LogP contribution in [0.5, 0.6) is 0 Å². The molecule has 9 heteroatoms. The van der Waals surface area contributed by atoms with Crippen molar-refractivity contribution in [1.82, 2.24) is 3.97 Å². The molecule has 0 spiro atoms. The SMILES string of the molecule is CC(O[Si](C)(C)C(C)(C)C)C(=O)N([Si](C)(C)C(C)(C)C)S(=O)(=O)c1ccc(Cl)cc1. The maximum absolute atomic E-state index is 13.7. The predicted octanol–water partition coefficient (Wildman–Crippen LogP) is 6.27. The number of carbonyl (C=O) groups excluding carboxylic acids is 1. The fraction of sp³-hybridized carbons (Fsp3) is 0.667. The Bertz CT molecular complexity index is 870. The van der Waals surface area contributed by atoms with E-state index in [-0.39, 0.29) is 15.0 Å². The van der Waals surface area contributed by atoms with Crippen LogP contribution in [-0.4, -0.2) is 41.0 Å². The minimum Gasteiger partial charge on any atom is -0.405 e. The van der Waals surface area contributed by atoms with Gasteiger partial charge in [0.05, 0.1) is 4.90 Å². The summed E-state index contributed by atoms with van der Waals surface area (Å²) in [7, 11) is -9.16. The van der Waals surface area contributed by atoms with E-state index in [0.717, 1.165) is 3.97 Å². The summed E-state index contributed by atoms with van der Waals surface area (Å²) >= 11 is 5.95. The second-order valence-electron chi connectivity index (χ2n) is 10.9. The van der Waals surface area contributed by atoms with Crippen molar-refractivity contribution in [2.75, 3.05) is 0 Å². The van der Waals surface area contributed by atoms with Gasteiger partial charge in [-0.2, -0.15) is 0 Å². The third-order valence-corrected chi connectivity index (χ3v) is 19.9. The fourth-order valence-electron chi connectivity index (χ4n) is 2.55. The van der Waals surface area contributed by atoms with E-state index in [1.54, 1.807) is 6.92 Å². The molecule has 0 saturated heterocycles. The van der Waals surface area contributed by atoms with Crippen LogP contribution >= 0.6 is 11.6 Å². The molecule has 0 heterocycles. The Kier molecular flexibility index (Phi) is 7.93. The Morgan fingerprint density at radius 3 is 1.77 bits per heavy atom. The van der Waals surface area contributed by atoms with Crippen LogP contribution in [0.15, 0.2) is 29.2 Å². The second kappa shape index (κ2) is 8.69. The molecule has 0 aliphatic carbocycles. The fourth-order valence-corrected chi connectivity index (χ4v) is 9.97. The normalized spacial score (nSPS) is 15.1. The molecule has 0 fully saturated rings. The third kappa shape index (κ3) is 5.57. The van der Waals surface area contributed by atoms with Crippen LogP contribution in [0, 0.1) is 0 Å². The first-order valence-corrected chi connectivity index (χ1v) is 17.9. The summed E-state index contributed by atoms with van der Waals surface area (Å²) in [6.45, 7) is 21.8. The number of rotatable bonds is 6. The summed E-state index contributed by atoms with van der Waals surface area (Å²) in [5.41, 5.74) is 0. The van der Waals surface area contributed by atoms with Crippen LogP contribution in [0.2, 0.25) is 41.3 Å². The topological polar surface area (TPSA) is 63.7 Å². The molecule has 1 atom stereocenters. The van der Waals surface area contributed by atoms with Crippen molar-refractivity contribution in [3.05, 3.63) is 29.3 Å². The van der Waals surface area contributed by atoms with Crippen molar-refractivity contribution in [3.8, 4) is 0 Å². The molecule has 0 saturated carbocycles. The highest BCUT2D eigenvalue weighted by atomic mass is 35.5. The minimum atomic E-state index is -4.07. The number of carbonyl (C=O) groups is 1. The minimum absolute atomic E-state index is 0.0598. The van der Waals surface area contributed by atoms with Gasteiger partial charge in [0.25, 0.3) is 15.9 Å². The second-order valence-corrected chi connectivity index (χ2v) is 23.3. The van der Waals surface area contributed by atoms with Gasteiger partial charge in [-0.3, -0.25) is 8.77 Å². The van der Waals surface area contributed by atoms with E-state index in [1.807, 2.05) is 33.9 Å². The summed E-state index contributed by atoms with van der Waals surface area (Å²) in [6.07, 6.45) is -0.859. The summed E-state index contributed by atoms with van der Waals surface area (Å²) in [6, 6.07) is 5.95. The number of sulfonamides is 1. The van der Waals surface area contributed by atoms with Crippen molar-refractivity contribution < 1.29 is 17.6 Å². The van der Waals surface area contributed by atoms with Crippen molar-refractivity contribution in [2.24, 2.45) is 0 Å². The first kappa shape index (κ1) is 27.4. The number of hydrogen-bond acceptors (Lipinski definition) is 4. The molecule has 1 aromatic carbocycles. The van der Waals surface area contributed by atoms with Gasteiger partial charge in [-0.25, -0.2) is 8.42 Å². The van der Waals surface area contributed by atoms with Crippen molar-refractivity contribution >= 4 is 44.1 Å². The van der Waals surface area contributed by atoms with Crippen molar-refractivity contribution in [2.45, 2.75) is 95.7 Å². The highest BCUT2D eigenvalue weighted by molar-refractivity contribution is 7.91. The number of amides is 1. The van der Waals surface area contributed by atoms with Gasteiger partial charge in [0.15, 0.2) is 16.6 Å². The molecular formula is C21H38ClNO4SSi2. The molecule has 1 rings (SSSR count). The molecule has 1 unspecified atom stereocenters. The molecule has 5 nitrogen and oxygen atoms in total. The molecule has 30 heavy (non-hydrogen) atoms. The van der Waals surface area contributed by atoms with Gasteiger partial charge >= 0.3 is 0 Å². The van der Waals surface area contributed by atoms with Crippen LogP contribution in [0.3, 0.4) is 0 Å². The molecule has 0 aliphatic rings. The lowest BCUT2D eigenvalue weighted by atomic mass is 10.2. The Hall–Kier alpha value is -0.676. The average molecular weight is 492 g/mol. The Morgan fingerprint density at radius 2 is 1.40 bits per heavy atom. The van der Waals surface area contributed by atoms with Crippen molar-refractivity contribution in [3.63, 3.8) is 0 Å². The smallest absolute Gasteiger partial charge is 0.259 e. The molecule has 0 radical (unpaired) electrons. The van der Waals surface area contributed by atoms with Crippen molar-refractivity contribution in [1.29, 1.82) is 0 Å². The molecule has 0 bridgehead atoms. The molecule has 1 aromatic rings. The number of nitrogens with zero attached hydrogens (tertiary/aromatic N) is 1. The highest BCUT2D eigenvalue weighted by Crippen LogP contribution is 2.42. The maximum Gasteiger partial charge on any atom is 0.259 e. The van der Waals surface area contributed by atoms with Gasteiger partial charge < -0.3 is 4.43 Å². The Labute approximate surface area is 190 Å². The summed E-state index contributed by atoms with van der Waals surface area (Å²) in [4.78, 5) is 13.7. The van der Waals surface area contributed by atoms with E-state index >= 15 is 0 Å². The zero-order valence-corrected chi connectivity index (χ0v) is 23.8. The third-order valence-electron chi connectivity index (χ3n) is 6.52. The van der Waals surface area contributed by atoms with Gasteiger partial charge in [-0.1, -0.05) is 53.1 Å². The van der Waals surface area contributed by atoms with Gasteiger partial charge in [0.1, 0.15) is 6.10 Å². The molecular weight excluding hydrogens is 454 g/mol. The van der Waals surface area contributed by atoms with E-state index in [2.05, 4.69) is 33.9 Å². The maximum atomic E-state index is 13.7.